The highest BCUT2D eigenvalue weighted by Gasteiger charge is 2.17. The largest absolute Gasteiger partial charge is 0.368 e. The summed E-state index contributed by atoms with van der Waals surface area (Å²) < 4.78 is 0. The van der Waals surface area contributed by atoms with Gasteiger partial charge in [0.25, 0.3) is 0 Å². The lowest BCUT2D eigenvalue weighted by Gasteiger charge is -2.36. The predicted molar refractivity (Wildman–Crippen MR) is 71.4 cm³/mol. The second-order valence-corrected chi connectivity index (χ2v) is 5.45. The third kappa shape index (κ3) is 2.75. The highest BCUT2D eigenvalue weighted by Crippen LogP contribution is 2.25. The van der Waals surface area contributed by atoms with Crippen LogP contribution in [0.25, 0.3) is 0 Å². The van der Waals surface area contributed by atoms with Crippen LogP contribution < -0.4 is 10.6 Å². The molecule has 0 spiro atoms. The van der Waals surface area contributed by atoms with E-state index in [-0.39, 0.29) is 0 Å². The zero-order valence-corrected chi connectivity index (χ0v) is 10.8. The Labute approximate surface area is 102 Å². The van der Waals surface area contributed by atoms with Crippen LogP contribution in [0, 0.1) is 6.92 Å². The molecule has 16 heavy (non-hydrogen) atoms. The van der Waals surface area contributed by atoms with Gasteiger partial charge in [-0.1, -0.05) is 0 Å². The Balaban J connectivity index is 1.83. The van der Waals surface area contributed by atoms with Crippen molar-refractivity contribution in [3.05, 3.63) is 16.3 Å². The van der Waals surface area contributed by atoms with Crippen LogP contribution in [0.1, 0.15) is 11.3 Å². The first-order chi connectivity index (χ1) is 7.81. The zero-order chi connectivity index (χ0) is 11.4. The molecule has 2 rings (SSSR count). The molecule has 0 radical (unpaired) electrons. The number of anilines is 1. The quantitative estimate of drug-likeness (QED) is 0.865. The van der Waals surface area contributed by atoms with Gasteiger partial charge in [-0.15, -0.1) is 11.3 Å². The van der Waals surface area contributed by atoms with E-state index in [9.17, 15) is 0 Å². The van der Waals surface area contributed by atoms with Crippen LogP contribution >= 0.6 is 11.3 Å². The number of nitrogens with zero attached hydrogens (tertiary/aromatic N) is 2. The predicted octanol–water partition coefficient (Wildman–Crippen LogP) is 1.53. The molecule has 0 aromatic carbocycles. The molecule has 4 heteroatoms. The lowest BCUT2D eigenvalue weighted by atomic mass is 10.2. The Kier molecular flexibility index (Phi) is 4.21. The van der Waals surface area contributed by atoms with Crippen LogP contribution in [-0.2, 0) is 0 Å². The first kappa shape index (κ1) is 11.9. The van der Waals surface area contributed by atoms with Gasteiger partial charge < -0.3 is 10.6 Å². The Morgan fingerprint density at radius 3 is 2.62 bits per heavy atom. The molecule has 2 N–H and O–H groups in total. The molecule has 1 aromatic heterocycles. The second-order valence-electron chi connectivity index (χ2n) is 4.33. The molecule has 0 saturated carbocycles. The SMILES string of the molecule is Cc1sccc1N1CCN(CCCN)CC1. The molecule has 90 valence electrons. The summed E-state index contributed by atoms with van der Waals surface area (Å²) in [5.41, 5.74) is 6.97. The molecule has 1 aromatic rings. The fourth-order valence-corrected chi connectivity index (χ4v) is 2.95. The minimum Gasteiger partial charge on any atom is -0.368 e. The van der Waals surface area contributed by atoms with Crippen molar-refractivity contribution in [1.82, 2.24) is 4.90 Å². The van der Waals surface area contributed by atoms with Crippen molar-refractivity contribution < 1.29 is 0 Å². The van der Waals surface area contributed by atoms with E-state index in [1.807, 2.05) is 11.3 Å². The van der Waals surface area contributed by atoms with Gasteiger partial charge in [-0.3, -0.25) is 4.90 Å². The van der Waals surface area contributed by atoms with Crippen molar-refractivity contribution in [3.63, 3.8) is 0 Å². The standard InChI is InChI=1S/C12H21N3S/c1-11-12(3-10-16-11)15-8-6-14(7-9-15)5-2-4-13/h3,10H,2,4-9,13H2,1H3. The molecule has 0 atom stereocenters. The Morgan fingerprint density at radius 2 is 2.06 bits per heavy atom. The highest BCUT2D eigenvalue weighted by atomic mass is 32.1. The number of aryl methyl sites for hydroxylation is 1. The molecule has 1 fully saturated rings. The van der Waals surface area contributed by atoms with Gasteiger partial charge in [0.2, 0.25) is 0 Å². The van der Waals surface area contributed by atoms with Gasteiger partial charge >= 0.3 is 0 Å². The van der Waals surface area contributed by atoms with Gasteiger partial charge in [0, 0.05) is 31.1 Å². The van der Waals surface area contributed by atoms with Gasteiger partial charge in [-0.2, -0.15) is 0 Å². The van der Waals surface area contributed by atoms with Crippen LogP contribution in [-0.4, -0.2) is 44.2 Å². The number of rotatable bonds is 4. The Bertz CT molecular complexity index is 316. The number of piperazine rings is 1. The van der Waals surface area contributed by atoms with Gasteiger partial charge in [0.05, 0.1) is 5.69 Å². The van der Waals surface area contributed by atoms with E-state index in [0.29, 0.717) is 0 Å². The van der Waals surface area contributed by atoms with Gasteiger partial charge in [-0.05, 0) is 37.9 Å². The first-order valence-corrected chi connectivity index (χ1v) is 6.90. The van der Waals surface area contributed by atoms with Crippen molar-refractivity contribution in [2.45, 2.75) is 13.3 Å². The first-order valence-electron chi connectivity index (χ1n) is 6.02. The summed E-state index contributed by atoms with van der Waals surface area (Å²) >= 11 is 1.84. The zero-order valence-electron chi connectivity index (χ0n) is 9.98. The summed E-state index contributed by atoms with van der Waals surface area (Å²) in [5.74, 6) is 0. The van der Waals surface area contributed by atoms with Crippen LogP contribution in [0.15, 0.2) is 11.4 Å². The number of hydrogen-bond donors (Lipinski definition) is 1. The fraction of sp³-hybridized carbons (Fsp3) is 0.667. The number of hydrogen-bond acceptors (Lipinski definition) is 4. The minimum absolute atomic E-state index is 0.809. The summed E-state index contributed by atoms with van der Waals surface area (Å²) in [7, 11) is 0. The number of nitrogens with two attached hydrogens (primary N) is 1. The van der Waals surface area contributed by atoms with Crippen LogP contribution in [0.4, 0.5) is 5.69 Å². The van der Waals surface area contributed by atoms with Crippen molar-refractivity contribution in [1.29, 1.82) is 0 Å². The van der Waals surface area contributed by atoms with Gasteiger partial charge in [-0.25, -0.2) is 0 Å². The van der Waals surface area contributed by atoms with Crippen molar-refractivity contribution in [3.8, 4) is 0 Å². The normalized spacial score (nSPS) is 18.0. The van der Waals surface area contributed by atoms with Gasteiger partial charge in [0.15, 0.2) is 0 Å². The summed E-state index contributed by atoms with van der Waals surface area (Å²) in [6, 6.07) is 2.25. The number of thiophene rings is 1. The molecule has 0 bridgehead atoms. The molecule has 3 nitrogen and oxygen atoms in total. The van der Waals surface area contributed by atoms with E-state index < -0.39 is 0 Å². The summed E-state index contributed by atoms with van der Waals surface area (Å²) in [5, 5.41) is 2.19. The third-order valence-electron chi connectivity index (χ3n) is 3.22. The second kappa shape index (κ2) is 5.66. The van der Waals surface area contributed by atoms with Gasteiger partial charge in [0.1, 0.15) is 0 Å². The fourth-order valence-electron chi connectivity index (χ4n) is 2.23. The molecule has 1 saturated heterocycles. The topological polar surface area (TPSA) is 32.5 Å². The smallest absolute Gasteiger partial charge is 0.0505 e. The molecule has 1 aliphatic rings. The molecule has 0 unspecified atom stereocenters. The van der Waals surface area contributed by atoms with Crippen LogP contribution in [0.2, 0.25) is 0 Å². The molecule has 0 amide bonds. The van der Waals surface area contributed by atoms with E-state index >= 15 is 0 Å². The van der Waals surface area contributed by atoms with Crippen molar-refractivity contribution >= 4 is 17.0 Å². The molecule has 2 heterocycles. The summed E-state index contributed by atoms with van der Waals surface area (Å²) in [6.45, 7) is 8.84. The minimum atomic E-state index is 0.809. The molecular formula is C12H21N3S. The maximum Gasteiger partial charge on any atom is 0.0505 e. The van der Waals surface area contributed by atoms with Crippen LogP contribution in [0.5, 0.6) is 0 Å². The average Bonchev–Trinajstić information content (AvgIpc) is 2.74. The summed E-state index contributed by atoms with van der Waals surface area (Å²) in [4.78, 5) is 6.46. The lowest BCUT2D eigenvalue weighted by molar-refractivity contribution is 0.256. The van der Waals surface area contributed by atoms with Crippen molar-refractivity contribution in [2.75, 3.05) is 44.2 Å². The Morgan fingerprint density at radius 1 is 1.31 bits per heavy atom. The Hall–Kier alpha value is -0.580. The van der Waals surface area contributed by atoms with E-state index in [1.54, 1.807) is 0 Å². The van der Waals surface area contributed by atoms with E-state index in [0.717, 1.165) is 32.6 Å². The lowest BCUT2D eigenvalue weighted by Crippen LogP contribution is -2.46. The van der Waals surface area contributed by atoms with E-state index in [1.165, 1.54) is 23.7 Å². The van der Waals surface area contributed by atoms with Crippen LogP contribution in [0.3, 0.4) is 0 Å². The average molecular weight is 239 g/mol. The molecule has 0 aliphatic carbocycles. The molecular weight excluding hydrogens is 218 g/mol. The van der Waals surface area contributed by atoms with E-state index in [4.69, 9.17) is 5.73 Å². The monoisotopic (exact) mass is 239 g/mol. The van der Waals surface area contributed by atoms with E-state index in [2.05, 4.69) is 28.2 Å². The molecule has 1 aliphatic heterocycles. The summed E-state index contributed by atoms with van der Waals surface area (Å²) in [6.07, 6.45) is 1.12. The maximum atomic E-state index is 5.53. The van der Waals surface area contributed by atoms with Crippen molar-refractivity contribution in [2.24, 2.45) is 5.73 Å². The highest BCUT2D eigenvalue weighted by molar-refractivity contribution is 7.10. The maximum absolute atomic E-state index is 5.53. The third-order valence-corrected chi connectivity index (χ3v) is 4.06.